The lowest BCUT2D eigenvalue weighted by molar-refractivity contribution is -0.141. The molecule has 0 N–H and O–H groups in total. The van der Waals surface area contributed by atoms with Crippen LogP contribution in [0.5, 0.6) is 0 Å². The van der Waals surface area contributed by atoms with Gasteiger partial charge in [-0.25, -0.2) is 0 Å². The fourth-order valence-electron chi connectivity index (χ4n) is 0.437. The van der Waals surface area contributed by atoms with Crippen molar-refractivity contribution >= 4 is 17.6 Å². The first-order valence-corrected chi connectivity index (χ1v) is 3.36. The molecule has 10 heavy (non-hydrogen) atoms. The normalized spacial score (nSPS) is 12.7. The van der Waals surface area contributed by atoms with Crippen molar-refractivity contribution in [3.63, 3.8) is 0 Å². The summed E-state index contributed by atoms with van der Waals surface area (Å²) in [5.41, 5.74) is 0. The molecule has 0 aromatic carbocycles. The summed E-state index contributed by atoms with van der Waals surface area (Å²) in [4.78, 5) is 10.2. The van der Waals surface area contributed by atoms with Crippen LogP contribution in [0.3, 0.4) is 0 Å². The van der Waals surface area contributed by atoms with Gasteiger partial charge in [0.05, 0.1) is 12.0 Å². The second-order valence-electron chi connectivity index (χ2n) is 1.86. The lowest BCUT2D eigenvalue weighted by Gasteiger charge is -2.06. The molecule has 0 aliphatic rings. The van der Waals surface area contributed by atoms with Gasteiger partial charge >= 0.3 is 5.97 Å². The summed E-state index contributed by atoms with van der Waals surface area (Å²) in [7, 11) is 1.54. The summed E-state index contributed by atoms with van der Waals surface area (Å²) in [6.07, 6.45) is 0. The van der Waals surface area contributed by atoms with Crippen LogP contribution in [-0.4, -0.2) is 31.7 Å². The average molecular weight is 167 g/mol. The van der Waals surface area contributed by atoms with Crippen molar-refractivity contribution in [1.82, 2.24) is 0 Å². The number of carbonyl (C=O) groups is 1. The lowest BCUT2D eigenvalue weighted by Crippen LogP contribution is -2.16. The Morgan fingerprint density at radius 3 is 2.60 bits per heavy atom. The predicted molar refractivity (Wildman–Crippen MR) is 38.1 cm³/mol. The molecular formula is C6H11ClO3. The van der Waals surface area contributed by atoms with E-state index in [0.29, 0.717) is 6.61 Å². The van der Waals surface area contributed by atoms with Gasteiger partial charge in [0, 0.05) is 14.0 Å². The van der Waals surface area contributed by atoms with Crippen LogP contribution in [0.2, 0.25) is 0 Å². The quantitative estimate of drug-likeness (QED) is 0.458. The number of hydrogen-bond donors (Lipinski definition) is 0. The molecule has 0 aliphatic carbocycles. The number of ether oxygens (including phenoxy) is 2. The number of methoxy groups -OCH3 is 1. The van der Waals surface area contributed by atoms with Crippen LogP contribution in [0.25, 0.3) is 0 Å². The van der Waals surface area contributed by atoms with E-state index in [1.165, 1.54) is 6.92 Å². The third-order valence-corrected chi connectivity index (χ3v) is 1.07. The Balaban J connectivity index is 3.21. The maximum Gasteiger partial charge on any atom is 0.302 e. The van der Waals surface area contributed by atoms with E-state index in [4.69, 9.17) is 16.3 Å². The molecule has 0 radical (unpaired) electrons. The van der Waals surface area contributed by atoms with Crippen molar-refractivity contribution in [3.8, 4) is 0 Å². The first-order chi connectivity index (χ1) is 4.66. The Bertz CT molecular complexity index is 105. The number of carbonyl (C=O) groups excluding carboxylic acids is 1. The van der Waals surface area contributed by atoms with E-state index in [9.17, 15) is 4.79 Å². The third-order valence-electron chi connectivity index (χ3n) is 0.815. The molecule has 0 amide bonds. The molecule has 0 saturated carbocycles. The van der Waals surface area contributed by atoms with Crippen molar-refractivity contribution in [1.29, 1.82) is 0 Å². The van der Waals surface area contributed by atoms with Gasteiger partial charge in [0.25, 0.3) is 0 Å². The summed E-state index contributed by atoms with van der Waals surface area (Å²) in [5.74, 6) is -0.318. The number of esters is 1. The standard InChI is InChI=1S/C6H11ClO3/c1-5(8)10-4-6(7)3-9-2/h6H,3-4H2,1-2H3. The van der Waals surface area contributed by atoms with Gasteiger partial charge in [-0.3, -0.25) is 4.79 Å². The Labute approximate surface area is 65.3 Å². The topological polar surface area (TPSA) is 35.5 Å². The van der Waals surface area contributed by atoms with E-state index >= 15 is 0 Å². The zero-order valence-corrected chi connectivity index (χ0v) is 6.85. The Morgan fingerprint density at radius 2 is 2.20 bits per heavy atom. The van der Waals surface area contributed by atoms with Gasteiger partial charge in [-0.05, 0) is 0 Å². The van der Waals surface area contributed by atoms with Gasteiger partial charge < -0.3 is 9.47 Å². The molecule has 0 aromatic heterocycles. The van der Waals surface area contributed by atoms with E-state index < -0.39 is 0 Å². The molecule has 3 nitrogen and oxygen atoms in total. The van der Waals surface area contributed by atoms with Crippen molar-refractivity contribution in [2.45, 2.75) is 12.3 Å². The van der Waals surface area contributed by atoms with E-state index in [1.54, 1.807) is 7.11 Å². The molecule has 60 valence electrons. The minimum absolute atomic E-state index is 0.213. The highest BCUT2D eigenvalue weighted by Gasteiger charge is 2.04. The molecular weight excluding hydrogens is 156 g/mol. The minimum atomic E-state index is -0.318. The Kier molecular flexibility index (Phi) is 5.35. The van der Waals surface area contributed by atoms with Crippen molar-refractivity contribution in [2.75, 3.05) is 20.3 Å². The average Bonchev–Trinajstić information content (AvgIpc) is 1.85. The van der Waals surface area contributed by atoms with Crippen molar-refractivity contribution in [3.05, 3.63) is 0 Å². The van der Waals surface area contributed by atoms with E-state index in [-0.39, 0.29) is 18.0 Å². The monoisotopic (exact) mass is 166 g/mol. The number of hydrogen-bond acceptors (Lipinski definition) is 3. The lowest BCUT2D eigenvalue weighted by atomic mass is 10.5. The van der Waals surface area contributed by atoms with Gasteiger partial charge in [0.1, 0.15) is 6.61 Å². The van der Waals surface area contributed by atoms with Gasteiger partial charge in [-0.15, -0.1) is 11.6 Å². The van der Waals surface area contributed by atoms with Crippen LogP contribution in [0.15, 0.2) is 0 Å². The predicted octanol–water partition coefficient (Wildman–Crippen LogP) is 0.803. The second-order valence-corrected chi connectivity index (χ2v) is 2.47. The highest BCUT2D eigenvalue weighted by atomic mass is 35.5. The molecule has 0 aromatic rings. The molecule has 0 heterocycles. The third kappa shape index (κ3) is 5.85. The largest absolute Gasteiger partial charge is 0.464 e. The van der Waals surface area contributed by atoms with Crippen molar-refractivity contribution in [2.24, 2.45) is 0 Å². The Morgan fingerprint density at radius 1 is 1.60 bits per heavy atom. The van der Waals surface area contributed by atoms with Gasteiger partial charge in [0.15, 0.2) is 0 Å². The molecule has 0 spiro atoms. The highest BCUT2D eigenvalue weighted by Crippen LogP contribution is 1.96. The molecule has 0 bridgehead atoms. The van der Waals surface area contributed by atoms with Crippen LogP contribution in [0.4, 0.5) is 0 Å². The molecule has 1 unspecified atom stereocenters. The first kappa shape index (κ1) is 9.72. The molecule has 4 heteroatoms. The van der Waals surface area contributed by atoms with E-state index in [0.717, 1.165) is 0 Å². The van der Waals surface area contributed by atoms with Crippen LogP contribution < -0.4 is 0 Å². The van der Waals surface area contributed by atoms with Crippen LogP contribution in [0, 0.1) is 0 Å². The molecule has 0 aliphatic heterocycles. The SMILES string of the molecule is COCC(Cl)COC(C)=O. The number of halogens is 1. The highest BCUT2D eigenvalue weighted by molar-refractivity contribution is 6.20. The first-order valence-electron chi connectivity index (χ1n) is 2.93. The summed E-state index contributed by atoms with van der Waals surface area (Å²) >= 11 is 5.62. The zero-order valence-electron chi connectivity index (χ0n) is 6.09. The second kappa shape index (κ2) is 5.50. The molecule has 1 atom stereocenters. The Hall–Kier alpha value is -0.280. The summed E-state index contributed by atoms with van der Waals surface area (Å²) in [6.45, 7) is 1.95. The van der Waals surface area contributed by atoms with Gasteiger partial charge in [-0.2, -0.15) is 0 Å². The van der Waals surface area contributed by atoms with Gasteiger partial charge in [0.2, 0.25) is 0 Å². The van der Waals surface area contributed by atoms with Crippen LogP contribution >= 0.6 is 11.6 Å². The molecule has 0 saturated heterocycles. The smallest absolute Gasteiger partial charge is 0.302 e. The van der Waals surface area contributed by atoms with Crippen molar-refractivity contribution < 1.29 is 14.3 Å². The maximum absolute atomic E-state index is 10.2. The molecule has 0 rings (SSSR count). The van der Waals surface area contributed by atoms with Gasteiger partial charge in [-0.1, -0.05) is 0 Å². The zero-order chi connectivity index (χ0) is 7.98. The molecule has 0 fully saturated rings. The fraction of sp³-hybridized carbons (Fsp3) is 0.833. The fourth-order valence-corrected chi connectivity index (χ4v) is 0.626. The maximum atomic E-state index is 10.2. The minimum Gasteiger partial charge on any atom is -0.464 e. The van der Waals surface area contributed by atoms with Crippen LogP contribution in [0.1, 0.15) is 6.92 Å². The van der Waals surface area contributed by atoms with Crippen LogP contribution in [-0.2, 0) is 14.3 Å². The summed E-state index contributed by atoms with van der Waals surface area (Å²) in [5, 5.41) is -0.242. The summed E-state index contributed by atoms with van der Waals surface area (Å²) in [6, 6.07) is 0. The summed E-state index contributed by atoms with van der Waals surface area (Å²) < 4.78 is 9.32. The number of alkyl halides is 1. The number of rotatable bonds is 4. The van der Waals surface area contributed by atoms with E-state index in [1.807, 2.05) is 0 Å². The van der Waals surface area contributed by atoms with E-state index in [2.05, 4.69) is 4.74 Å².